The van der Waals surface area contributed by atoms with Crippen molar-refractivity contribution in [2.45, 2.75) is 23.8 Å². The predicted octanol–water partition coefficient (Wildman–Crippen LogP) is 1.98. The Hall–Kier alpha value is -1.20. The molecule has 0 aliphatic carbocycles. The average molecular weight is 241 g/mol. The van der Waals surface area contributed by atoms with Crippen molar-refractivity contribution in [2.75, 3.05) is 6.26 Å². The third-order valence-electron chi connectivity index (χ3n) is 2.30. The molecule has 4 nitrogen and oxygen atoms in total. The van der Waals surface area contributed by atoms with Crippen molar-refractivity contribution < 1.29 is 15.0 Å². The second-order valence-electron chi connectivity index (χ2n) is 3.46. The van der Waals surface area contributed by atoms with Crippen LogP contribution >= 0.6 is 11.8 Å². The maximum absolute atomic E-state index is 10.4. The van der Waals surface area contributed by atoms with E-state index in [1.807, 2.05) is 6.26 Å². The van der Waals surface area contributed by atoms with Crippen LogP contribution in [0.4, 0.5) is 0 Å². The van der Waals surface area contributed by atoms with Crippen molar-refractivity contribution in [1.29, 1.82) is 0 Å². The number of carboxylic acids is 1. The fraction of sp³-hybridized carbons (Fsp3) is 0.364. The SMILES string of the molecule is CSc1ccc(O)c(C(N)CCC(=O)O)c1. The van der Waals surface area contributed by atoms with Crippen LogP contribution < -0.4 is 5.73 Å². The third-order valence-corrected chi connectivity index (χ3v) is 3.03. The molecule has 1 aromatic rings. The van der Waals surface area contributed by atoms with Crippen molar-refractivity contribution in [3.63, 3.8) is 0 Å². The Kier molecular flexibility index (Phi) is 4.64. The van der Waals surface area contributed by atoms with Gasteiger partial charge in [0.15, 0.2) is 0 Å². The highest BCUT2D eigenvalue weighted by Crippen LogP contribution is 2.29. The molecule has 1 rings (SSSR count). The van der Waals surface area contributed by atoms with Gasteiger partial charge in [0.05, 0.1) is 0 Å². The van der Waals surface area contributed by atoms with Crippen LogP contribution in [0.2, 0.25) is 0 Å². The van der Waals surface area contributed by atoms with Gasteiger partial charge >= 0.3 is 5.97 Å². The van der Waals surface area contributed by atoms with Gasteiger partial charge in [0.2, 0.25) is 0 Å². The van der Waals surface area contributed by atoms with Gasteiger partial charge < -0.3 is 15.9 Å². The monoisotopic (exact) mass is 241 g/mol. The molecule has 4 N–H and O–H groups in total. The lowest BCUT2D eigenvalue weighted by Crippen LogP contribution is -2.12. The van der Waals surface area contributed by atoms with Crippen LogP contribution in [0.3, 0.4) is 0 Å². The number of aromatic hydroxyl groups is 1. The van der Waals surface area contributed by atoms with E-state index >= 15 is 0 Å². The Bertz CT molecular complexity index is 381. The van der Waals surface area contributed by atoms with E-state index in [1.165, 1.54) is 0 Å². The molecule has 16 heavy (non-hydrogen) atoms. The second kappa shape index (κ2) is 5.77. The number of aliphatic carboxylic acids is 1. The lowest BCUT2D eigenvalue weighted by molar-refractivity contribution is -0.137. The average Bonchev–Trinajstić information content (AvgIpc) is 2.26. The molecule has 0 radical (unpaired) electrons. The van der Waals surface area contributed by atoms with E-state index < -0.39 is 12.0 Å². The van der Waals surface area contributed by atoms with E-state index in [1.54, 1.807) is 30.0 Å². The van der Waals surface area contributed by atoms with Crippen molar-refractivity contribution in [1.82, 2.24) is 0 Å². The number of hydrogen-bond acceptors (Lipinski definition) is 4. The van der Waals surface area contributed by atoms with Crippen LogP contribution in [-0.2, 0) is 4.79 Å². The number of carboxylic acid groups (broad SMARTS) is 1. The largest absolute Gasteiger partial charge is 0.508 e. The first kappa shape index (κ1) is 12.9. The number of carbonyl (C=O) groups is 1. The number of rotatable bonds is 5. The van der Waals surface area contributed by atoms with Crippen molar-refractivity contribution in [3.8, 4) is 5.75 Å². The summed E-state index contributed by atoms with van der Waals surface area (Å²) < 4.78 is 0. The summed E-state index contributed by atoms with van der Waals surface area (Å²) in [5, 5.41) is 18.2. The topological polar surface area (TPSA) is 83.5 Å². The van der Waals surface area contributed by atoms with E-state index in [2.05, 4.69) is 0 Å². The maximum Gasteiger partial charge on any atom is 0.303 e. The van der Waals surface area contributed by atoms with E-state index in [4.69, 9.17) is 10.8 Å². The van der Waals surface area contributed by atoms with Crippen molar-refractivity contribution in [3.05, 3.63) is 23.8 Å². The molecule has 0 spiro atoms. The predicted molar refractivity (Wildman–Crippen MR) is 63.7 cm³/mol. The molecule has 0 aliphatic heterocycles. The van der Waals surface area contributed by atoms with E-state index in [0.717, 1.165) is 4.90 Å². The van der Waals surface area contributed by atoms with E-state index in [9.17, 15) is 9.90 Å². The fourth-order valence-corrected chi connectivity index (χ4v) is 1.84. The van der Waals surface area contributed by atoms with E-state index in [0.29, 0.717) is 12.0 Å². The van der Waals surface area contributed by atoms with Gasteiger partial charge in [-0.15, -0.1) is 11.8 Å². The molecule has 88 valence electrons. The Balaban J connectivity index is 2.80. The number of nitrogens with two attached hydrogens (primary N) is 1. The molecule has 0 fully saturated rings. The van der Waals surface area contributed by atoms with E-state index in [-0.39, 0.29) is 12.2 Å². The summed E-state index contributed by atoms with van der Waals surface area (Å²) in [6.45, 7) is 0. The number of benzene rings is 1. The molecule has 0 bridgehead atoms. The Labute approximate surface area is 98.5 Å². The minimum atomic E-state index is -0.879. The molecule has 0 amide bonds. The van der Waals surface area contributed by atoms with Gasteiger partial charge in [0, 0.05) is 22.9 Å². The fourth-order valence-electron chi connectivity index (χ4n) is 1.39. The Morgan fingerprint density at radius 3 is 2.81 bits per heavy atom. The highest BCUT2D eigenvalue weighted by Gasteiger charge is 2.13. The molecule has 0 aliphatic rings. The van der Waals surface area contributed by atoms with Crippen LogP contribution in [0.5, 0.6) is 5.75 Å². The third kappa shape index (κ3) is 3.43. The molecule has 0 saturated carbocycles. The first-order valence-electron chi connectivity index (χ1n) is 4.89. The molecule has 1 atom stereocenters. The summed E-state index contributed by atoms with van der Waals surface area (Å²) in [6, 6.07) is 4.74. The number of hydrogen-bond donors (Lipinski definition) is 3. The zero-order valence-corrected chi connectivity index (χ0v) is 9.83. The number of thioether (sulfide) groups is 1. The van der Waals surface area contributed by atoms with Crippen LogP contribution in [0.25, 0.3) is 0 Å². The summed E-state index contributed by atoms with van der Waals surface area (Å²) in [4.78, 5) is 11.4. The van der Waals surface area contributed by atoms with Crippen LogP contribution in [0.1, 0.15) is 24.4 Å². The molecule has 0 aromatic heterocycles. The molecule has 0 saturated heterocycles. The molecular weight excluding hydrogens is 226 g/mol. The Morgan fingerprint density at radius 1 is 1.56 bits per heavy atom. The lowest BCUT2D eigenvalue weighted by atomic mass is 10.0. The highest BCUT2D eigenvalue weighted by molar-refractivity contribution is 7.98. The van der Waals surface area contributed by atoms with Gasteiger partial charge in [-0.25, -0.2) is 0 Å². The second-order valence-corrected chi connectivity index (χ2v) is 4.34. The summed E-state index contributed by atoms with van der Waals surface area (Å²) in [5.41, 5.74) is 6.44. The summed E-state index contributed by atoms with van der Waals surface area (Å²) in [7, 11) is 0. The van der Waals surface area contributed by atoms with Gasteiger partial charge in [0.1, 0.15) is 5.75 Å². The molecule has 0 heterocycles. The first-order valence-corrected chi connectivity index (χ1v) is 6.11. The minimum Gasteiger partial charge on any atom is -0.508 e. The quantitative estimate of drug-likeness (QED) is 0.686. The van der Waals surface area contributed by atoms with Gasteiger partial charge in [-0.1, -0.05) is 0 Å². The molecule has 5 heteroatoms. The first-order chi connectivity index (χ1) is 7.54. The van der Waals surface area contributed by atoms with Gasteiger partial charge in [-0.05, 0) is 30.9 Å². The summed E-state index contributed by atoms with van der Waals surface area (Å²) in [6.07, 6.45) is 2.25. The van der Waals surface area contributed by atoms with Crippen LogP contribution in [-0.4, -0.2) is 22.4 Å². The summed E-state index contributed by atoms with van der Waals surface area (Å²) >= 11 is 1.55. The zero-order chi connectivity index (χ0) is 12.1. The standard InChI is InChI=1S/C11H15NO3S/c1-16-7-2-4-10(13)8(6-7)9(12)3-5-11(14)15/h2,4,6,9,13H,3,5,12H2,1H3,(H,14,15). The Morgan fingerprint density at radius 2 is 2.25 bits per heavy atom. The van der Waals surface area contributed by atoms with Gasteiger partial charge in [-0.2, -0.15) is 0 Å². The molecular formula is C11H15NO3S. The van der Waals surface area contributed by atoms with Crippen molar-refractivity contribution >= 4 is 17.7 Å². The number of phenols is 1. The smallest absolute Gasteiger partial charge is 0.303 e. The molecule has 1 aromatic carbocycles. The summed E-state index contributed by atoms with van der Waals surface area (Å²) in [5.74, 6) is -0.758. The molecule has 1 unspecified atom stereocenters. The number of phenolic OH excluding ortho intramolecular Hbond substituents is 1. The zero-order valence-electron chi connectivity index (χ0n) is 9.01. The van der Waals surface area contributed by atoms with Gasteiger partial charge in [-0.3, -0.25) is 4.79 Å². The maximum atomic E-state index is 10.4. The normalized spacial score (nSPS) is 12.4. The van der Waals surface area contributed by atoms with Crippen LogP contribution in [0, 0.1) is 0 Å². The minimum absolute atomic E-state index is 0.00407. The lowest BCUT2D eigenvalue weighted by Gasteiger charge is -2.13. The van der Waals surface area contributed by atoms with Crippen LogP contribution in [0.15, 0.2) is 23.1 Å². The van der Waals surface area contributed by atoms with Crippen molar-refractivity contribution in [2.24, 2.45) is 5.73 Å². The highest BCUT2D eigenvalue weighted by atomic mass is 32.2. The van der Waals surface area contributed by atoms with Gasteiger partial charge in [0.25, 0.3) is 0 Å².